The summed E-state index contributed by atoms with van der Waals surface area (Å²) in [7, 11) is 0. The van der Waals surface area contributed by atoms with Gasteiger partial charge in [-0.3, -0.25) is 0 Å². The first kappa shape index (κ1) is 35.0. The van der Waals surface area contributed by atoms with Gasteiger partial charge in [-0.25, -0.2) is 15.0 Å². The standard InChI is InChI=1S/C58H35N3S/c1-2-17-36(18-3-1)55-59-56(61-57(60-55)46-25-5-4-21-40(46)44-28-15-29-45-43-24-9-13-34-52(43)62-54(44)45)38-20-14-19-37(35-38)39-27-16-33-51-53(39)47-26-8-12-32-50(47)58(51)48-30-10-6-22-41(48)42-23-7-11-31-49(42)58/h1-35H. The SMILES string of the molecule is c1ccc(-c2nc(-c3cccc(-c4cccc5c4-c4ccccc4C54c5ccccc5-c5ccccc54)c3)nc(-c3ccccc3-c3cccc4c3sc3ccccc34)n2)cc1. The van der Waals surface area contributed by atoms with Crippen molar-refractivity contribution in [3.8, 4) is 78.7 Å². The minimum absolute atomic E-state index is 0.409. The molecule has 0 aliphatic heterocycles. The van der Waals surface area contributed by atoms with Gasteiger partial charge in [-0.1, -0.05) is 200 Å². The van der Waals surface area contributed by atoms with Crippen molar-refractivity contribution in [3.05, 3.63) is 235 Å². The van der Waals surface area contributed by atoms with Gasteiger partial charge < -0.3 is 0 Å². The maximum atomic E-state index is 5.34. The summed E-state index contributed by atoms with van der Waals surface area (Å²) in [5.74, 6) is 1.91. The Balaban J connectivity index is 0.997. The van der Waals surface area contributed by atoms with Crippen LogP contribution in [0.5, 0.6) is 0 Å². The average molecular weight is 806 g/mol. The molecule has 0 unspecified atom stereocenters. The van der Waals surface area contributed by atoms with Crippen LogP contribution in [-0.2, 0) is 5.41 Å². The summed E-state index contributed by atoms with van der Waals surface area (Å²) >= 11 is 1.84. The normalized spacial score (nSPS) is 13.0. The van der Waals surface area contributed by atoms with Crippen molar-refractivity contribution in [1.29, 1.82) is 0 Å². The Morgan fingerprint density at radius 2 is 0.790 bits per heavy atom. The number of fused-ring (bicyclic) bond motifs is 13. The molecule has 0 N–H and O–H groups in total. The number of rotatable bonds is 5. The molecule has 4 heteroatoms. The van der Waals surface area contributed by atoms with E-state index in [0.717, 1.165) is 27.8 Å². The quantitative estimate of drug-likeness (QED) is 0.174. The van der Waals surface area contributed by atoms with Gasteiger partial charge in [-0.2, -0.15) is 0 Å². The van der Waals surface area contributed by atoms with Gasteiger partial charge in [-0.05, 0) is 73.3 Å². The largest absolute Gasteiger partial charge is 0.208 e. The fraction of sp³-hybridized carbons (Fsp3) is 0.0172. The van der Waals surface area contributed by atoms with E-state index in [0.29, 0.717) is 17.5 Å². The molecule has 13 rings (SSSR count). The van der Waals surface area contributed by atoms with Crippen LogP contribution >= 0.6 is 11.3 Å². The van der Waals surface area contributed by atoms with Gasteiger partial charge in [0.25, 0.3) is 0 Å². The van der Waals surface area contributed by atoms with E-state index in [1.165, 1.54) is 75.8 Å². The van der Waals surface area contributed by atoms with E-state index < -0.39 is 5.41 Å². The number of hydrogen-bond acceptors (Lipinski definition) is 4. The van der Waals surface area contributed by atoms with Gasteiger partial charge in [0, 0.05) is 42.4 Å². The number of nitrogens with zero attached hydrogens (tertiary/aromatic N) is 3. The predicted molar refractivity (Wildman–Crippen MR) is 256 cm³/mol. The molecule has 0 bridgehead atoms. The fourth-order valence-corrected chi connectivity index (χ4v) is 11.7. The minimum atomic E-state index is -0.409. The summed E-state index contributed by atoms with van der Waals surface area (Å²) in [5.41, 5.74) is 17.5. The summed E-state index contributed by atoms with van der Waals surface area (Å²) in [6, 6.07) is 76.7. The third-order valence-corrected chi connectivity index (χ3v) is 14.2. The van der Waals surface area contributed by atoms with E-state index >= 15 is 0 Å². The molecule has 0 saturated carbocycles. The van der Waals surface area contributed by atoms with Crippen LogP contribution in [0.15, 0.2) is 212 Å². The lowest BCUT2D eigenvalue weighted by atomic mass is 9.70. The van der Waals surface area contributed by atoms with Crippen LogP contribution in [0.4, 0.5) is 0 Å². The molecule has 2 aliphatic carbocycles. The van der Waals surface area contributed by atoms with E-state index in [-0.39, 0.29) is 0 Å². The van der Waals surface area contributed by atoms with E-state index in [9.17, 15) is 0 Å². The van der Waals surface area contributed by atoms with Crippen LogP contribution in [0, 0.1) is 0 Å². The van der Waals surface area contributed by atoms with Crippen LogP contribution in [0.1, 0.15) is 22.3 Å². The molecule has 288 valence electrons. The molecule has 2 aliphatic rings. The van der Waals surface area contributed by atoms with Crippen LogP contribution in [0.3, 0.4) is 0 Å². The maximum absolute atomic E-state index is 5.34. The zero-order valence-corrected chi connectivity index (χ0v) is 34.3. The first-order valence-corrected chi connectivity index (χ1v) is 21.9. The van der Waals surface area contributed by atoms with Crippen LogP contribution < -0.4 is 0 Å². The van der Waals surface area contributed by atoms with Crippen molar-refractivity contribution in [2.45, 2.75) is 5.41 Å². The second kappa shape index (κ2) is 13.6. The van der Waals surface area contributed by atoms with E-state index in [2.05, 4.69) is 194 Å². The molecule has 11 aromatic rings. The van der Waals surface area contributed by atoms with Gasteiger partial charge in [0.15, 0.2) is 17.5 Å². The Morgan fingerprint density at radius 1 is 0.306 bits per heavy atom. The number of aromatic nitrogens is 3. The van der Waals surface area contributed by atoms with Gasteiger partial charge in [0.1, 0.15) is 0 Å². The molecule has 0 saturated heterocycles. The second-order valence-electron chi connectivity index (χ2n) is 16.2. The van der Waals surface area contributed by atoms with Crippen LogP contribution in [-0.4, -0.2) is 15.0 Å². The average Bonchev–Trinajstić information content (AvgIpc) is 3.99. The molecule has 2 aromatic heterocycles. The molecule has 1 spiro atoms. The molecule has 0 atom stereocenters. The molecular weight excluding hydrogens is 771 g/mol. The summed E-state index contributed by atoms with van der Waals surface area (Å²) in [6.45, 7) is 0. The first-order valence-electron chi connectivity index (χ1n) is 21.1. The Bertz CT molecular complexity index is 3560. The van der Waals surface area contributed by atoms with Crippen LogP contribution in [0.25, 0.3) is 98.8 Å². The highest BCUT2D eigenvalue weighted by Crippen LogP contribution is 2.64. The van der Waals surface area contributed by atoms with E-state index in [1.807, 2.05) is 29.5 Å². The summed E-state index contributed by atoms with van der Waals surface area (Å²) in [4.78, 5) is 15.8. The van der Waals surface area contributed by atoms with Crippen molar-refractivity contribution < 1.29 is 0 Å². The van der Waals surface area contributed by atoms with E-state index in [4.69, 9.17) is 15.0 Å². The zero-order valence-electron chi connectivity index (χ0n) is 33.5. The van der Waals surface area contributed by atoms with E-state index in [1.54, 1.807) is 0 Å². The molecule has 2 heterocycles. The highest BCUT2D eigenvalue weighted by Gasteiger charge is 2.51. The summed E-state index contributed by atoms with van der Waals surface area (Å²) < 4.78 is 2.54. The van der Waals surface area contributed by atoms with Crippen LogP contribution in [0.2, 0.25) is 0 Å². The molecule has 0 fully saturated rings. The van der Waals surface area contributed by atoms with Crippen molar-refractivity contribution in [3.63, 3.8) is 0 Å². The topological polar surface area (TPSA) is 38.7 Å². The first-order chi connectivity index (χ1) is 30.8. The smallest absolute Gasteiger partial charge is 0.164 e. The third kappa shape index (κ3) is 5.02. The Labute approximate surface area is 363 Å². The monoisotopic (exact) mass is 805 g/mol. The Hall–Kier alpha value is -7.79. The van der Waals surface area contributed by atoms with Gasteiger partial charge in [0.2, 0.25) is 0 Å². The number of benzene rings is 9. The predicted octanol–water partition coefficient (Wildman–Crippen LogP) is 14.9. The molecular formula is C58H35N3S. The summed E-state index contributed by atoms with van der Waals surface area (Å²) in [6.07, 6.45) is 0. The Morgan fingerprint density at radius 3 is 1.56 bits per heavy atom. The van der Waals surface area contributed by atoms with Gasteiger partial charge >= 0.3 is 0 Å². The number of thiophene rings is 1. The highest BCUT2D eigenvalue weighted by atomic mass is 32.1. The molecule has 62 heavy (non-hydrogen) atoms. The zero-order chi connectivity index (χ0) is 40.8. The van der Waals surface area contributed by atoms with Crippen molar-refractivity contribution in [2.24, 2.45) is 0 Å². The molecule has 3 nitrogen and oxygen atoms in total. The van der Waals surface area contributed by atoms with Crippen molar-refractivity contribution in [2.75, 3.05) is 0 Å². The third-order valence-electron chi connectivity index (χ3n) is 13.0. The Kier molecular flexibility index (Phi) is 7.69. The highest BCUT2D eigenvalue weighted by molar-refractivity contribution is 7.26. The lowest BCUT2D eigenvalue weighted by Crippen LogP contribution is -2.25. The van der Waals surface area contributed by atoms with Crippen molar-refractivity contribution >= 4 is 31.5 Å². The molecule has 0 amide bonds. The van der Waals surface area contributed by atoms with Gasteiger partial charge in [0.05, 0.1) is 5.41 Å². The molecule has 0 radical (unpaired) electrons. The second-order valence-corrected chi connectivity index (χ2v) is 17.2. The van der Waals surface area contributed by atoms with Crippen molar-refractivity contribution in [1.82, 2.24) is 15.0 Å². The lowest BCUT2D eigenvalue weighted by molar-refractivity contribution is 0.794. The fourth-order valence-electron chi connectivity index (χ4n) is 10.4. The molecule has 9 aromatic carbocycles. The van der Waals surface area contributed by atoms with Gasteiger partial charge in [-0.15, -0.1) is 11.3 Å². The number of hydrogen-bond donors (Lipinski definition) is 0. The lowest BCUT2D eigenvalue weighted by Gasteiger charge is -2.30. The summed E-state index contributed by atoms with van der Waals surface area (Å²) in [5, 5.41) is 2.54. The maximum Gasteiger partial charge on any atom is 0.164 e. The minimum Gasteiger partial charge on any atom is -0.208 e.